The number of hydrogen-bond donors (Lipinski definition) is 2. The molecule has 0 aliphatic carbocycles. The Morgan fingerprint density at radius 3 is 2.11 bits per heavy atom. The van der Waals surface area contributed by atoms with Gasteiger partial charge in [0, 0.05) is 0 Å². The fourth-order valence-electron chi connectivity index (χ4n) is 3.77. The highest BCUT2D eigenvalue weighted by Crippen LogP contribution is 2.36. The summed E-state index contributed by atoms with van der Waals surface area (Å²) in [6.07, 6.45) is 0.317. The molecule has 0 aliphatic rings. The Bertz CT molecular complexity index is 1090. The minimum Gasteiger partial charge on any atom is -0.460 e. The van der Waals surface area contributed by atoms with E-state index in [-0.39, 0.29) is 6.61 Å². The maximum atomic E-state index is 12.5. The van der Waals surface area contributed by atoms with Crippen LogP contribution < -0.4 is 0 Å². The standard InChI is InChI=1S/C23H22O4/c1-2-23(13-24,14-25)22(26)27-12-18-9-8-17-7-6-15-4-3-5-16-10-11-19(18)21(17)20(15)16/h3-11,24-25H,2,12-14H2,1H3. The predicted octanol–water partition coefficient (Wildman–Crippen LogP) is 4.01. The summed E-state index contributed by atoms with van der Waals surface area (Å²) in [5.41, 5.74) is -0.334. The second-order valence-electron chi connectivity index (χ2n) is 7.11. The average Bonchev–Trinajstić information content (AvgIpc) is 2.72. The molecule has 4 aromatic carbocycles. The number of rotatable bonds is 6. The molecule has 0 atom stereocenters. The lowest BCUT2D eigenvalue weighted by Crippen LogP contribution is -2.39. The van der Waals surface area contributed by atoms with E-state index in [2.05, 4.69) is 42.5 Å². The molecular weight excluding hydrogens is 340 g/mol. The number of benzene rings is 4. The van der Waals surface area contributed by atoms with Crippen molar-refractivity contribution < 1.29 is 19.7 Å². The van der Waals surface area contributed by atoms with Crippen LogP contribution in [0.5, 0.6) is 0 Å². The van der Waals surface area contributed by atoms with Crippen LogP contribution in [0.25, 0.3) is 32.3 Å². The molecule has 4 nitrogen and oxygen atoms in total. The molecule has 4 heteroatoms. The normalized spacial score (nSPS) is 12.3. The topological polar surface area (TPSA) is 66.8 Å². The van der Waals surface area contributed by atoms with Crippen LogP contribution in [-0.4, -0.2) is 29.4 Å². The third kappa shape index (κ3) is 2.73. The zero-order valence-electron chi connectivity index (χ0n) is 15.2. The van der Waals surface area contributed by atoms with Gasteiger partial charge in [-0.15, -0.1) is 0 Å². The third-order valence-corrected chi connectivity index (χ3v) is 5.69. The fraction of sp³-hybridized carbons (Fsp3) is 0.261. The van der Waals surface area contributed by atoms with Crippen molar-refractivity contribution in [3.63, 3.8) is 0 Å². The van der Waals surface area contributed by atoms with Gasteiger partial charge >= 0.3 is 5.97 Å². The molecule has 0 heterocycles. The van der Waals surface area contributed by atoms with Crippen molar-refractivity contribution in [1.29, 1.82) is 0 Å². The SMILES string of the molecule is CCC(CO)(CO)C(=O)OCc1ccc2ccc3cccc4ccc1c2c34. The van der Waals surface area contributed by atoms with E-state index in [4.69, 9.17) is 4.74 Å². The maximum absolute atomic E-state index is 12.5. The van der Waals surface area contributed by atoms with Crippen LogP contribution in [0.1, 0.15) is 18.9 Å². The molecule has 2 N–H and O–H groups in total. The highest BCUT2D eigenvalue weighted by atomic mass is 16.5. The first-order chi connectivity index (χ1) is 13.1. The van der Waals surface area contributed by atoms with Gasteiger partial charge in [0.1, 0.15) is 12.0 Å². The van der Waals surface area contributed by atoms with Gasteiger partial charge in [-0.05, 0) is 44.3 Å². The Hall–Kier alpha value is -2.69. The molecule has 4 aromatic rings. The van der Waals surface area contributed by atoms with E-state index < -0.39 is 24.6 Å². The van der Waals surface area contributed by atoms with Crippen molar-refractivity contribution in [2.45, 2.75) is 20.0 Å². The molecule has 0 spiro atoms. The summed E-state index contributed by atoms with van der Waals surface area (Å²) < 4.78 is 5.50. The van der Waals surface area contributed by atoms with Gasteiger partial charge in [-0.2, -0.15) is 0 Å². The zero-order chi connectivity index (χ0) is 19.0. The number of esters is 1. The lowest BCUT2D eigenvalue weighted by atomic mass is 9.87. The Kier molecular flexibility index (Phi) is 4.46. The highest BCUT2D eigenvalue weighted by Gasteiger charge is 2.37. The minimum absolute atomic E-state index is 0.106. The Balaban J connectivity index is 1.76. The molecule has 0 bridgehead atoms. The van der Waals surface area contributed by atoms with E-state index in [1.165, 1.54) is 21.5 Å². The van der Waals surface area contributed by atoms with Crippen LogP contribution in [-0.2, 0) is 16.1 Å². The number of ether oxygens (including phenoxy) is 1. The van der Waals surface area contributed by atoms with Crippen LogP contribution >= 0.6 is 0 Å². The third-order valence-electron chi connectivity index (χ3n) is 5.69. The van der Waals surface area contributed by atoms with Crippen molar-refractivity contribution >= 4 is 38.3 Å². The molecule has 27 heavy (non-hydrogen) atoms. The largest absolute Gasteiger partial charge is 0.460 e. The molecule has 0 saturated carbocycles. The molecule has 0 saturated heterocycles. The predicted molar refractivity (Wildman–Crippen MR) is 107 cm³/mol. The van der Waals surface area contributed by atoms with Gasteiger partial charge in [-0.25, -0.2) is 0 Å². The fourth-order valence-corrected chi connectivity index (χ4v) is 3.77. The lowest BCUT2D eigenvalue weighted by molar-refractivity contribution is -0.163. The molecule has 0 radical (unpaired) electrons. The number of hydrogen-bond acceptors (Lipinski definition) is 4. The molecule has 0 amide bonds. The number of aliphatic hydroxyl groups is 2. The van der Waals surface area contributed by atoms with E-state index in [9.17, 15) is 15.0 Å². The van der Waals surface area contributed by atoms with Gasteiger partial charge in [-0.3, -0.25) is 4.79 Å². The van der Waals surface area contributed by atoms with Gasteiger partial charge in [0.25, 0.3) is 0 Å². The molecular formula is C23H22O4. The summed E-state index contributed by atoms with van der Waals surface area (Å²) in [7, 11) is 0. The summed E-state index contributed by atoms with van der Waals surface area (Å²) in [5.74, 6) is -0.569. The van der Waals surface area contributed by atoms with Gasteiger partial charge in [-0.1, -0.05) is 61.5 Å². The summed E-state index contributed by atoms with van der Waals surface area (Å²) in [4.78, 5) is 12.5. The second-order valence-corrected chi connectivity index (χ2v) is 7.11. The van der Waals surface area contributed by atoms with Crippen molar-refractivity contribution in [1.82, 2.24) is 0 Å². The van der Waals surface area contributed by atoms with E-state index in [0.717, 1.165) is 16.3 Å². The smallest absolute Gasteiger partial charge is 0.317 e. The first kappa shape index (κ1) is 17.7. The van der Waals surface area contributed by atoms with E-state index in [0.29, 0.717) is 6.42 Å². The monoisotopic (exact) mass is 362 g/mol. The molecule has 0 unspecified atom stereocenters. The average molecular weight is 362 g/mol. The Morgan fingerprint density at radius 2 is 1.48 bits per heavy atom. The van der Waals surface area contributed by atoms with E-state index in [1.54, 1.807) is 6.92 Å². The minimum atomic E-state index is -1.25. The Morgan fingerprint density at radius 1 is 0.889 bits per heavy atom. The van der Waals surface area contributed by atoms with Gasteiger partial charge in [0.05, 0.1) is 13.2 Å². The summed E-state index contributed by atoms with van der Waals surface area (Å²) in [5, 5.41) is 26.0. The quantitative estimate of drug-likeness (QED) is 0.402. The van der Waals surface area contributed by atoms with Crippen LogP contribution in [0.15, 0.2) is 54.6 Å². The number of aliphatic hydroxyl groups excluding tert-OH is 2. The van der Waals surface area contributed by atoms with Gasteiger partial charge in [0.15, 0.2) is 0 Å². The molecule has 138 valence electrons. The number of carbonyl (C=O) groups is 1. The van der Waals surface area contributed by atoms with E-state index >= 15 is 0 Å². The maximum Gasteiger partial charge on any atom is 0.317 e. The van der Waals surface area contributed by atoms with Crippen LogP contribution in [0.4, 0.5) is 0 Å². The summed E-state index contributed by atoms with van der Waals surface area (Å²) in [6, 6.07) is 18.7. The van der Waals surface area contributed by atoms with Crippen molar-refractivity contribution in [2.24, 2.45) is 5.41 Å². The van der Waals surface area contributed by atoms with Crippen LogP contribution in [0.2, 0.25) is 0 Å². The van der Waals surface area contributed by atoms with Gasteiger partial charge in [0.2, 0.25) is 0 Å². The lowest BCUT2D eigenvalue weighted by Gasteiger charge is -2.25. The van der Waals surface area contributed by atoms with Crippen molar-refractivity contribution in [2.75, 3.05) is 13.2 Å². The van der Waals surface area contributed by atoms with Crippen molar-refractivity contribution in [3.05, 3.63) is 60.2 Å². The highest BCUT2D eigenvalue weighted by molar-refractivity contribution is 6.23. The molecule has 0 aromatic heterocycles. The molecule has 4 rings (SSSR count). The van der Waals surface area contributed by atoms with Crippen molar-refractivity contribution in [3.8, 4) is 0 Å². The van der Waals surface area contributed by atoms with Gasteiger partial charge < -0.3 is 14.9 Å². The second kappa shape index (κ2) is 6.80. The number of carbonyl (C=O) groups excluding carboxylic acids is 1. The first-order valence-electron chi connectivity index (χ1n) is 9.18. The van der Waals surface area contributed by atoms with E-state index in [1.807, 2.05) is 12.1 Å². The van der Waals surface area contributed by atoms with Crippen LogP contribution in [0, 0.1) is 5.41 Å². The summed E-state index contributed by atoms with van der Waals surface area (Å²) >= 11 is 0. The van der Waals surface area contributed by atoms with Crippen LogP contribution in [0.3, 0.4) is 0 Å². The molecule has 0 fully saturated rings. The Labute approximate surface area is 157 Å². The first-order valence-corrected chi connectivity index (χ1v) is 9.18. The molecule has 0 aliphatic heterocycles. The zero-order valence-corrected chi connectivity index (χ0v) is 15.2. The summed E-state index contributed by atoms with van der Waals surface area (Å²) in [6.45, 7) is 0.993.